The molecule has 0 saturated carbocycles. The molecule has 7 heteroatoms. The predicted octanol–water partition coefficient (Wildman–Crippen LogP) is 3.52. The fraction of sp³-hybridized carbons (Fsp3) is 0.435. The Balaban J connectivity index is 1.66. The summed E-state index contributed by atoms with van der Waals surface area (Å²) in [5, 5.41) is 9.94. The van der Waals surface area contributed by atoms with Gasteiger partial charge in [-0.05, 0) is 55.9 Å². The number of imidazole rings is 1. The predicted molar refractivity (Wildman–Crippen MR) is 115 cm³/mol. The molecule has 1 fully saturated rings. The fourth-order valence-electron chi connectivity index (χ4n) is 4.92. The van der Waals surface area contributed by atoms with Crippen LogP contribution in [0.15, 0.2) is 24.3 Å². The highest BCUT2D eigenvalue weighted by atomic mass is 16.6. The van der Waals surface area contributed by atoms with Crippen molar-refractivity contribution in [2.45, 2.75) is 32.6 Å². The number of para-hydroxylation sites is 2. The first kappa shape index (κ1) is 18.7. The monoisotopic (exact) mass is 403 g/mol. The Morgan fingerprint density at radius 3 is 2.80 bits per heavy atom. The SMILES string of the molecule is CCOC(=O)N1CCCN(c2c3c(c(C#N)c4nc5ccccc5n24)CCC3)CC1. The lowest BCUT2D eigenvalue weighted by molar-refractivity contribution is 0.110. The van der Waals surface area contributed by atoms with Crippen LogP contribution in [-0.4, -0.2) is 53.2 Å². The molecule has 0 radical (unpaired) electrons. The van der Waals surface area contributed by atoms with E-state index in [1.54, 1.807) is 4.90 Å². The summed E-state index contributed by atoms with van der Waals surface area (Å²) in [4.78, 5) is 21.3. The van der Waals surface area contributed by atoms with Gasteiger partial charge in [-0.15, -0.1) is 0 Å². The molecule has 2 aliphatic rings. The maximum Gasteiger partial charge on any atom is 0.409 e. The number of nitrogens with zero attached hydrogens (tertiary/aromatic N) is 5. The van der Waals surface area contributed by atoms with Gasteiger partial charge in [0.05, 0.1) is 23.2 Å². The molecule has 2 aromatic heterocycles. The Hall–Kier alpha value is -3.27. The molecule has 0 bridgehead atoms. The Morgan fingerprint density at radius 2 is 1.97 bits per heavy atom. The lowest BCUT2D eigenvalue weighted by Crippen LogP contribution is -2.36. The third-order valence-corrected chi connectivity index (χ3v) is 6.22. The van der Waals surface area contributed by atoms with E-state index >= 15 is 0 Å². The number of amides is 1. The molecule has 1 amide bonds. The van der Waals surface area contributed by atoms with Crippen LogP contribution < -0.4 is 4.90 Å². The molecule has 0 atom stereocenters. The first-order chi connectivity index (χ1) is 14.7. The van der Waals surface area contributed by atoms with Crippen LogP contribution in [0.4, 0.5) is 10.6 Å². The van der Waals surface area contributed by atoms with Gasteiger partial charge < -0.3 is 14.5 Å². The number of nitriles is 1. The lowest BCUT2D eigenvalue weighted by atomic mass is 10.1. The average Bonchev–Trinajstić information content (AvgIpc) is 3.30. The van der Waals surface area contributed by atoms with Crippen LogP contribution >= 0.6 is 0 Å². The summed E-state index contributed by atoms with van der Waals surface area (Å²) in [6, 6.07) is 10.5. The van der Waals surface area contributed by atoms with Crippen LogP contribution in [0.25, 0.3) is 16.7 Å². The number of aromatic nitrogens is 2. The van der Waals surface area contributed by atoms with Crippen LogP contribution in [0.1, 0.15) is 36.5 Å². The quantitative estimate of drug-likeness (QED) is 0.655. The van der Waals surface area contributed by atoms with Crippen molar-refractivity contribution in [2.75, 3.05) is 37.7 Å². The Kier molecular flexibility index (Phi) is 4.70. The first-order valence-corrected chi connectivity index (χ1v) is 10.7. The summed E-state index contributed by atoms with van der Waals surface area (Å²) in [5.74, 6) is 1.15. The zero-order chi connectivity index (χ0) is 20.7. The van der Waals surface area contributed by atoms with Gasteiger partial charge in [0.15, 0.2) is 5.65 Å². The molecular weight excluding hydrogens is 378 g/mol. The van der Waals surface area contributed by atoms with Crippen molar-refractivity contribution in [3.63, 3.8) is 0 Å². The number of fused-ring (bicyclic) bond motifs is 4. The second-order valence-corrected chi connectivity index (χ2v) is 7.91. The third kappa shape index (κ3) is 2.86. The molecule has 0 unspecified atom stereocenters. The van der Waals surface area contributed by atoms with Crippen molar-refractivity contribution in [2.24, 2.45) is 0 Å². The van der Waals surface area contributed by atoms with E-state index in [-0.39, 0.29) is 6.09 Å². The van der Waals surface area contributed by atoms with Crippen LogP contribution in [-0.2, 0) is 17.6 Å². The third-order valence-electron chi connectivity index (χ3n) is 6.22. The van der Waals surface area contributed by atoms with Gasteiger partial charge in [-0.1, -0.05) is 12.1 Å². The average molecular weight is 403 g/mol. The molecule has 1 aliphatic heterocycles. The minimum absolute atomic E-state index is 0.234. The minimum Gasteiger partial charge on any atom is -0.450 e. The van der Waals surface area contributed by atoms with Crippen molar-refractivity contribution < 1.29 is 9.53 Å². The normalized spacial score (nSPS) is 16.5. The number of carbonyl (C=O) groups excluding carboxylic acids is 1. The molecular formula is C23H25N5O2. The molecule has 154 valence electrons. The van der Waals surface area contributed by atoms with Crippen molar-refractivity contribution in [3.05, 3.63) is 41.0 Å². The number of pyridine rings is 1. The summed E-state index contributed by atoms with van der Waals surface area (Å²) in [5.41, 5.74) is 5.82. The highest BCUT2D eigenvalue weighted by Crippen LogP contribution is 2.38. The molecule has 3 aromatic rings. The molecule has 3 heterocycles. The molecule has 0 N–H and O–H groups in total. The second kappa shape index (κ2) is 7.52. The maximum atomic E-state index is 12.2. The van der Waals surface area contributed by atoms with Crippen LogP contribution in [0.5, 0.6) is 0 Å². The molecule has 30 heavy (non-hydrogen) atoms. The summed E-state index contributed by atoms with van der Waals surface area (Å²) in [7, 11) is 0. The first-order valence-electron chi connectivity index (χ1n) is 10.7. The van der Waals surface area contributed by atoms with E-state index in [0.29, 0.717) is 25.3 Å². The van der Waals surface area contributed by atoms with Crippen LogP contribution in [0, 0.1) is 11.3 Å². The van der Waals surface area contributed by atoms with Crippen LogP contribution in [0.3, 0.4) is 0 Å². The highest BCUT2D eigenvalue weighted by molar-refractivity contribution is 5.86. The number of hydrogen-bond donors (Lipinski definition) is 0. The van der Waals surface area contributed by atoms with Crippen molar-refractivity contribution in [3.8, 4) is 6.07 Å². The van der Waals surface area contributed by atoms with E-state index < -0.39 is 0 Å². The number of benzene rings is 1. The molecule has 1 saturated heterocycles. The number of hydrogen-bond acceptors (Lipinski definition) is 5. The zero-order valence-electron chi connectivity index (χ0n) is 17.2. The smallest absolute Gasteiger partial charge is 0.409 e. The number of carbonyl (C=O) groups is 1. The van der Waals surface area contributed by atoms with E-state index in [9.17, 15) is 10.1 Å². The second-order valence-electron chi connectivity index (χ2n) is 7.91. The molecule has 1 aromatic carbocycles. The van der Waals surface area contributed by atoms with Gasteiger partial charge in [0.1, 0.15) is 11.9 Å². The Morgan fingerprint density at radius 1 is 1.13 bits per heavy atom. The van der Waals surface area contributed by atoms with Crippen molar-refractivity contribution in [1.82, 2.24) is 14.3 Å². The summed E-state index contributed by atoms with van der Waals surface area (Å²) in [6.45, 7) is 5.14. The van der Waals surface area contributed by atoms with Crippen molar-refractivity contribution >= 4 is 28.6 Å². The summed E-state index contributed by atoms with van der Waals surface area (Å²) < 4.78 is 7.39. The number of ether oxygens (including phenoxy) is 1. The van der Waals surface area contributed by atoms with E-state index in [2.05, 4.69) is 21.4 Å². The van der Waals surface area contributed by atoms with Gasteiger partial charge in [0.2, 0.25) is 0 Å². The summed E-state index contributed by atoms with van der Waals surface area (Å²) >= 11 is 0. The molecule has 0 spiro atoms. The topological polar surface area (TPSA) is 73.9 Å². The number of rotatable bonds is 2. The molecule has 1 aliphatic carbocycles. The zero-order valence-corrected chi connectivity index (χ0v) is 17.2. The Bertz CT molecular complexity index is 1180. The van der Waals surface area contributed by atoms with Gasteiger partial charge in [-0.2, -0.15) is 5.26 Å². The van der Waals surface area contributed by atoms with E-state index in [1.165, 1.54) is 5.56 Å². The minimum atomic E-state index is -0.234. The van der Waals surface area contributed by atoms with E-state index in [1.807, 2.05) is 25.1 Å². The van der Waals surface area contributed by atoms with E-state index in [0.717, 1.165) is 66.8 Å². The van der Waals surface area contributed by atoms with Gasteiger partial charge in [0.25, 0.3) is 0 Å². The van der Waals surface area contributed by atoms with Gasteiger partial charge in [-0.3, -0.25) is 4.40 Å². The standard InChI is InChI=1S/C23H25N5O2/c1-2-30-23(29)27-12-6-11-26(13-14-27)22-17-8-5-7-16(17)18(15-24)21-25-19-9-3-4-10-20(19)28(21)22/h3-4,9-10H,2,5-8,11-14H2,1H3. The fourth-order valence-corrected chi connectivity index (χ4v) is 4.92. The largest absolute Gasteiger partial charge is 0.450 e. The molecule has 7 nitrogen and oxygen atoms in total. The van der Waals surface area contributed by atoms with E-state index in [4.69, 9.17) is 9.72 Å². The Labute approximate surface area is 175 Å². The molecule has 5 rings (SSSR count). The van der Waals surface area contributed by atoms with Crippen molar-refractivity contribution in [1.29, 1.82) is 5.26 Å². The van der Waals surface area contributed by atoms with Gasteiger partial charge in [-0.25, -0.2) is 9.78 Å². The van der Waals surface area contributed by atoms with Gasteiger partial charge in [0, 0.05) is 26.2 Å². The lowest BCUT2D eigenvalue weighted by Gasteiger charge is -2.27. The highest BCUT2D eigenvalue weighted by Gasteiger charge is 2.30. The van der Waals surface area contributed by atoms with Gasteiger partial charge >= 0.3 is 6.09 Å². The number of anilines is 1. The van der Waals surface area contributed by atoms with Crippen LogP contribution in [0.2, 0.25) is 0 Å². The summed E-state index contributed by atoms with van der Waals surface area (Å²) in [6.07, 6.45) is 3.60. The maximum absolute atomic E-state index is 12.2.